The predicted octanol–water partition coefficient (Wildman–Crippen LogP) is 2.46. The Labute approximate surface area is 194 Å². The molecule has 2 aromatic heterocycles. The molecule has 9 nitrogen and oxygen atoms in total. The summed E-state index contributed by atoms with van der Waals surface area (Å²) < 4.78 is 75.8. The van der Waals surface area contributed by atoms with Crippen LogP contribution in [0.1, 0.15) is 34.1 Å². The van der Waals surface area contributed by atoms with Crippen molar-refractivity contribution in [2.24, 2.45) is 0 Å². The van der Waals surface area contributed by atoms with Gasteiger partial charge >= 0.3 is 0 Å². The van der Waals surface area contributed by atoms with Crippen molar-refractivity contribution in [1.82, 2.24) is 19.9 Å². The van der Waals surface area contributed by atoms with Gasteiger partial charge in [0.15, 0.2) is 5.82 Å². The highest BCUT2D eigenvalue weighted by atomic mass is 32.2. The van der Waals surface area contributed by atoms with Crippen LogP contribution in [0.2, 0.25) is 0 Å². The van der Waals surface area contributed by atoms with E-state index in [9.17, 15) is 22.0 Å². The number of hydrogen-bond acceptors (Lipinski definition) is 6. The number of rotatable bonds is 6. The summed E-state index contributed by atoms with van der Waals surface area (Å²) in [4.78, 5) is 19.8. The van der Waals surface area contributed by atoms with Crippen LogP contribution in [-0.4, -0.2) is 43.0 Å². The van der Waals surface area contributed by atoms with Crippen LogP contribution in [0, 0.1) is 17.5 Å². The van der Waals surface area contributed by atoms with Gasteiger partial charge in [-0.25, -0.2) is 35.9 Å². The number of benzene rings is 1. The van der Waals surface area contributed by atoms with Crippen LogP contribution in [0.3, 0.4) is 0 Å². The molecule has 1 aliphatic heterocycles. The number of nitrogens with one attached hydrogen (secondary N) is 1. The lowest BCUT2D eigenvalue weighted by molar-refractivity contribution is 0.0957. The molecule has 3 heterocycles. The molecule has 1 amide bonds. The topological polar surface area (TPSA) is 106 Å². The van der Waals surface area contributed by atoms with E-state index in [2.05, 4.69) is 15.3 Å². The first-order chi connectivity index (χ1) is 16.3. The highest BCUT2D eigenvalue weighted by molar-refractivity contribution is 7.74. The van der Waals surface area contributed by atoms with Crippen molar-refractivity contribution >= 4 is 28.2 Å². The fourth-order valence-corrected chi connectivity index (χ4v) is 4.79. The predicted molar refractivity (Wildman–Crippen MR) is 116 cm³/mol. The van der Waals surface area contributed by atoms with Crippen molar-refractivity contribution in [3.8, 4) is 5.88 Å². The monoisotopic (exact) mass is 495 g/mol. The summed E-state index contributed by atoms with van der Waals surface area (Å²) in [6.45, 7) is 0.130. The van der Waals surface area contributed by atoms with Crippen LogP contribution in [0.25, 0.3) is 0 Å². The van der Waals surface area contributed by atoms with Gasteiger partial charge in [0, 0.05) is 31.1 Å². The van der Waals surface area contributed by atoms with Crippen molar-refractivity contribution in [2.75, 3.05) is 18.5 Å². The Balaban J connectivity index is 1.78. The minimum absolute atomic E-state index is 0.130. The average Bonchev–Trinajstić information content (AvgIpc) is 3.23. The number of ether oxygens (including phenoxy) is 1. The van der Waals surface area contributed by atoms with Gasteiger partial charge < -0.3 is 14.6 Å². The highest BCUT2D eigenvalue weighted by Gasteiger charge is 2.32. The summed E-state index contributed by atoms with van der Waals surface area (Å²) in [5, 5.41) is 2.50. The molecule has 0 unspecified atom stereocenters. The Hall–Kier alpha value is -3.61. The van der Waals surface area contributed by atoms with E-state index in [1.54, 1.807) is 4.57 Å². The van der Waals surface area contributed by atoms with E-state index in [1.807, 2.05) is 0 Å². The second-order valence-corrected chi connectivity index (χ2v) is 8.41. The maximum Gasteiger partial charge on any atom is 0.271 e. The molecule has 0 aliphatic carbocycles. The van der Waals surface area contributed by atoms with Crippen LogP contribution >= 0.6 is 0 Å². The number of pyridine rings is 1. The standard InChI is InChI=1S/C21H20F3N5O4S/c1-25-20(30)19-15-5-3-11(9-28(15)10-27-19)17-13(23)4-6-14(18(17)24)29(34(31)32)16-7-12(22)8-26-21(16)33-2/h4,6-8,10-11,34H,3,5,9H2,1-2H3,(H,25,30)/t11-/m0/s1. The van der Waals surface area contributed by atoms with E-state index < -0.39 is 39.9 Å². The van der Waals surface area contributed by atoms with E-state index in [0.717, 1.165) is 24.4 Å². The third-order valence-corrected chi connectivity index (χ3v) is 6.42. The number of carbonyl (C=O) groups excluding carboxylic acids is 1. The van der Waals surface area contributed by atoms with Crippen LogP contribution < -0.4 is 14.4 Å². The molecule has 4 rings (SSSR count). The Morgan fingerprint density at radius 3 is 2.68 bits per heavy atom. The first-order valence-electron chi connectivity index (χ1n) is 10.1. The minimum atomic E-state index is -3.53. The second-order valence-electron chi connectivity index (χ2n) is 7.53. The Bertz CT molecular complexity index is 1340. The minimum Gasteiger partial charge on any atom is -0.479 e. The molecule has 34 heavy (non-hydrogen) atoms. The van der Waals surface area contributed by atoms with Crippen LogP contribution in [0.4, 0.5) is 24.5 Å². The fraction of sp³-hybridized carbons (Fsp3) is 0.286. The molecule has 0 fully saturated rings. The lowest BCUT2D eigenvalue weighted by Gasteiger charge is -2.27. The van der Waals surface area contributed by atoms with Crippen molar-refractivity contribution in [2.45, 2.75) is 25.3 Å². The molecular weight excluding hydrogens is 475 g/mol. The molecule has 0 saturated heterocycles. The first-order valence-corrected chi connectivity index (χ1v) is 11.3. The number of amides is 1. The summed E-state index contributed by atoms with van der Waals surface area (Å²) in [6, 6.07) is 2.75. The molecule has 1 atom stereocenters. The third kappa shape index (κ3) is 4.06. The molecule has 1 N–H and O–H groups in total. The molecule has 1 aromatic carbocycles. The van der Waals surface area contributed by atoms with Gasteiger partial charge in [-0.3, -0.25) is 4.79 Å². The summed E-state index contributed by atoms with van der Waals surface area (Å²) >= 11 is 0. The number of imidazole rings is 1. The van der Waals surface area contributed by atoms with Gasteiger partial charge in [0.2, 0.25) is 16.8 Å². The lowest BCUT2D eigenvalue weighted by atomic mass is 9.89. The van der Waals surface area contributed by atoms with Gasteiger partial charge in [0.25, 0.3) is 5.91 Å². The zero-order valence-electron chi connectivity index (χ0n) is 18.1. The van der Waals surface area contributed by atoms with E-state index in [4.69, 9.17) is 4.74 Å². The average molecular weight is 495 g/mol. The molecule has 0 saturated carbocycles. The number of anilines is 2. The summed E-state index contributed by atoms with van der Waals surface area (Å²) in [6.07, 6.45) is 2.87. The van der Waals surface area contributed by atoms with Gasteiger partial charge in [-0.1, -0.05) is 0 Å². The van der Waals surface area contributed by atoms with E-state index in [-0.39, 0.29) is 35.3 Å². The van der Waals surface area contributed by atoms with Crippen LogP contribution in [0.15, 0.2) is 30.7 Å². The van der Waals surface area contributed by atoms with Crippen molar-refractivity contribution in [3.63, 3.8) is 0 Å². The van der Waals surface area contributed by atoms with Crippen molar-refractivity contribution in [1.29, 1.82) is 0 Å². The fourth-order valence-electron chi connectivity index (χ4n) is 4.14. The van der Waals surface area contributed by atoms with Gasteiger partial charge in [0.05, 0.1) is 31.0 Å². The molecular formula is C21H20F3N5O4S. The van der Waals surface area contributed by atoms with E-state index in [1.165, 1.54) is 20.5 Å². The number of halogens is 3. The largest absolute Gasteiger partial charge is 0.479 e. The Morgan fingerprint density at radius 1 is 1.24 bits per heavy atom. The molecule has 13 heteroatoms. The summed E-state index contributed by atoms with van der Waals surface area (Å²) in [7, 11) is -0.854. The summed E-state index contributed by atoms with van der Waals surface area (Å²) in [5.41, 5.74) is -0.279. The van der Waals surface area contributed by atoms with Gasteiger partial charge in [0.1, 0.15) is 23.0 Å². The van der Waals surface area contributed by atoms with Crippen molar-refractivity contribution in [3.05, 3.63) is 65.1 Å². The zero-order valence-corrected chi connectivity index (χ0v) is 19.0. The quantitative estimate of drug-likeness (QED) is 0.509. The number of carbonyl (C=O) groups is 1. The highest BCUT2D eigenvalue weighted by Crippen LogP contribution is 2.40. The molecule has 3 aromatic rings. The molecule has 0 spiro atoms. The SMILES string of the molecule is CNC(=O)c1ncn2c1CC[C@H](c1c(F)ccc(N(c3cc(F)cnc3OC)[SH](=O)=O)c1F)C2. The van der Waals surface area contributed by atoms with Gasteiger partial charge in [-0.2, -0.15) is 0 Å². The number of methoxy groups -OCH3 is 1. The van der Waals surface area contributed by atoms with Gasteiger partial charge in [-0.05, 0) is 25.0 Å². The Morgan fingerprint density at radius 2 is 2.00 bits per heavy atom. The van der Waals surface area contributed by atoms with Crippen LogP contribution in [-0.2, 0) is 23.9 Å². The first kappa shape index (κ1) is 23.5. The summed E-state index contributed by atoms with van der Waals surface area (Å²) in [5.74, 6) is -4.12. The molecule has 0 bridgehead atoms. The van der Waals surface area contributed by atoms with E-state index in [0.29, 0.717) is 22.8 Å². The number of thiol groups is 1. The molecule has 0 radical (unpaired) electrons. The number of aromatic nitrogens is 3. The number of fused-ring (bicyclic) bond motifs is 1. The second kappa shape index (κ2) is 9.33. The molecule has 180 valence electrons. The smallest absolute Gasteiger partial charge is 0.271 e. The maximum absolute atomic E-state index is 15.7. The maximum atomic E-state index is 15.7. The Kier molecular flexibility index (Phi) is 6.46. The number of hydrogen-bond donors (Lipinski definition) is 2. The molecule has 1 aliphatic rings. The van der Waals surface area contributed by atoms with Gasteiger partial charge in [-0.15, -0.1) is 0 Å². The zero-order chi connectivity index (χ0) is 24.6. The normalized spacial score (nSPS) is 15.2. The number of nitrogens with zero attached hydrogens (tertiary/aromatic N) is 4. The van der Waals surface area contributed by atoms with E-state index >= 15 is 4.39 Å². The van der Waals surface area contributed by atoms with Crippen molar-refractivity contribution < 1.29 is 31.1 Å². The third-order valence-electron chi connectivity index (χ3n) is 5.66. The lowest BCUT2D eigenvalue weighted by Crippen LogP contribution is -2.25. The van der Waals surface area contributed by atoms with Crippen LogP contribution in [0.5, 0.6) is 5.88 Å².